The summed E-state index contributed by atoms with van der Waals surface area (Å²) in [5, 5.41) is 0. The van der Waals surface area contributed by atoms with Gasteiger partial charge in [0.25, 0.3) is 11.8 Å². The molecule has 0 atom stereocenters. The Morgan fingerprint density at radius 1 is 0.862 bits per heavy atom. The average Bonchev–Trinajstić information content (AvgIpc) is 2.74. The van der Waals surface area contributed by atoms with Crippen LogP contribution in [0.1, 0.15) is 28.4 Å². The second-order valence-electron chi connectivity index (χ2n) is 7.14. The number of piperazine rings is 1. The van der Waals surface area contributed by atoms with Crippen LogP contribution in [0.3, 0.4) is 0 Å². The highest BCUT2D eigenvalue weighted by Crippen LogP contribution is 2.26. The summed E-state index contributed by atoms with van der Waals surface area (Å²) < 4.78 is 11.2. The zero-order valence-corrected chi connectivity index (χ0v) is 17.3. The molecule has 1 fully saturated rings. The van der Waals surface area contributed by atoms with Crippen LogP contribution in [0.4, 0.5) is 0 Å². The molecule has 0 unspecified atom stereocenters. The number of aryl methyl sites for hydroxylation is 2. The molecule has 0 spiro atoms. The minimum absolute atomic E-state index is 0.0158. The number of benzene rings is 2. The lowest BCUT2D eigenvalue weighted by Crippen LogP contribution is -2.51. The number of amides is 2. The molecule has 1 aliphatic heterocycles. The molecule has 2 aromatic rings. The second kappa shape index (κ2) is 9.45. The summed E-state index contributed by atoms with van der Waals surface area (Å²) in [7, 11) is 0. The quantitative estimate of drug-likeness (QED) is 0.753. The molecular formula is C23H28N2O4. The maximum atomic E-state index is 12.7. The Balaban J connectivity index is 1.52. The van der Waals surface area contributed by atoms with Gasteiger partial charge in [0.1, 0.15) is 0 Å². The highest BCUT2D eigenvalue weighted by molar-refractivity contribution is 5.94. The van der Waals surface area contributed by atoms with E-state index in [2.05, 4.69) is 0 Å². The molecule has 0 bridgehead atoms. The van der Waals surface area contributed by atoms with Crippen molar-refractivity contribution in [1.82, 2.24) is 9.80 Å². The Bertz CT molecular complexity index is 873. The molecule has 0 saturated carbocycles. The van der Waals surface area contributed by atoms with Gasteiger partial charge in [0.2, 0.25) is 0 Å². The summed E-state index contributed by atoms with van der Waals surface area (Å²) in [6.45, 7) is 8.48. The number of para-hydroxylation sites is 2. The lowest BCUT2D eigenvalue weighted by atomic mass is 10.1. The molecule has 2 amide bonds. The van der Waals surface area contributed by atoms with Crippen LogP contribution in [0.15, 0.2) is 42.5 Å². The van der Waals surface area contributed by atoms with Crippen molar-refractivity contribution in [2.75, 3.05) is 39.4 Å². The first-order valence-corrected chi connectivity index (χ1v) is 9.98. The van der Waals surface area contributed by atoms with E-state index in [1.807, 2.05) is 57.2 Å². The second-order valence-corrected chi connectivity index (χ2v) is 7.14. The summed E-state index contributed by atoms with van der Waals surface area (Å²) in [6.07, 6.45) is 0. The van der Waals surface area contributed by atoms with Crippen molar-refractivity contribution < 1.29 is 19.1 Å². The van der Waals surface area contributed by atoms with E-state index in [4.69, 9.17) is 9.47 Å². The third-order valence-corrected chi connectivity index (χ3v) is 5.17. The molecule has 29 heavy (non-hydrogen) atoms. The standard InChI is InChI=1S/C23H28N2O4/c1-4-28-20-7-5-6-8-21(20)29-16-22(26)24-11-13-25(14-12-24)23(27)19-10-9-17(2)18(3)15-19/h5-10,15H,4,11-14,16H2,1-3H3. The highest BCUT2D eigenvalue weighted by atomic mass is 16.5. The van der Waals surface area contributed by atoms with E-state index in [0.717, 1.165) is 5.56 Å². The smallest absolute Gasteiger partial charge is 0.260 e. The first-order chi connectivity index (χ1) is 14.0. The Kier molecular flexibility index (Phi) is 6.75. The Labute approximate surface area is 172 Å². The summed E-state index contributed by atoms with van der Waals surface area (Å²) in [4.78, 5) is 28.8. The Hall–Kier alpha value is -3.02. The SMILES string of the molecule is CCOc1ccccc1OCC(=O)N1CCN(C(=O)c2ccc(C)c(C)c2)CC1. The van der Waals surface area contributed by atoms with E-state index >= 15 is 0 Å². The van der Waals surface area contributed by atoms with Crippen LogP contribution < -0.4 is 9.47 Å². The van der Waals surface area contributed by atoms with E-state index in [-0.39, 0.29) is 18.4 Å². The van der Waals surface area contributed by atoms with E-state index in [9.17, 15) is 9.59 Å². The largest absolute Gasteiger partial charge is 0.490 e. The molecule has 0 radical (unpaired) electrons. The highest BCUT2D eigenvalue weighted by Gasteiger charge is 2.25. The number of hydrogen-bond donors (Lipinski definition) is 0. The molecule has 0 aliphatic carbocycles. The van der Waals surface area contributed by atoms with Crippen molar-refractivity contribution in [2.24, 2.45) is 0 Å². The fraction of sp³-hybridized carbons (Fsp3) is 0.391. The van der Waals surface area contributed by atoms with E-state index in [1.54, 1.807) is 15.9 Å². The number of rotatable bonds is 6. The molecule has 6 nitrogen and oxygen atoms in total. The molecule has 2 aromatic carbocycles. The molecule has 3 rings (SSSR count). The number of nitrogens with zero attached hydrogens (tertiary/aromatic N) is 2. The van der Waals surface area contributed by atoms with Gasteiger partial charge in [0.15, 0.2) is 18.1 Å². The lowest BCUT2D eigenvalue weighted by molar-refractivity contribution is -0.134. The maximum Gasteiger partial charge on any atom is 0.260 e. The zero-order chi connectivity index (χ0) is 20.8. The van der Waals surface area contributed by atoms with E-state index in [0.29, 0.717) is 49.8 Å². The van der Waals surface area contributed by atoms with Gasteiger partial charge in [-0.1, -0.05) is 18.2 Å². The van der Waals surface area contributed by atoms with Crippen LogP contribution in [0.2, 0.25) is 0 Å². The summed E-state index contributed by atoms with van der Waals surface area (Å²) in [5.41, 5.74) is 2.97. The zero-order valence-electron chi connectivity index (χ0n) is 17.3. The topological polar surface area (TPSA) is 59.1 Å². The number of carbonyl (C=O) groups is 2. The van der Waals surface area contributed by atoms with Crippen molar-refractivity contribution in [1.29, 1.82) is 0 Å². The van der Waals surface area contributed by atoms with Gasteiger partial charge in [-0.05, 0) is 56.2 Å². The summed E-state index contributed by atoms with van der Waals surface area (Å²) in [5.74, 6) is 1.12. The minimum atomic E-state index is -0.0884. The number of hydrogen-bond acceptors (Lipinski definition) is 4. The molecule has 1 saturated heterocycles. The Morgan fingerprint density at radius 2 is 1.48 bits per heavy atom. The molecule has 154 valence electrons. The minimum Gasteiger partial charge on any atom is -0.490 e. The third kappa shape index (κ3) is 5.08. The molecule has 0 aromatic heterocycles. The van der Waals surface area contributed by atoms with Gasteiger partial charge in [0.05, 0.1) is 6.61 Å². The lowest BCUT2D eigenvalue weighted by Gasteiger charge is -2.34. The number of ether oxygens (including phenoxy) is 2. The summed E-state index contributed by atoms with van der Waals surface area (Å²) in [6, 6.07) is 13.1. The van der Waals surface area contributed by atoms with Gasteiger partial charge < -0.3 is 19.3 Å². The van der Waals surface area contributed by atoms with Crippen molar-refractivity contribution in [3.8, 4) is 11.5 Å². The van der Waals surface area contributed by atoms with Crippen LogP contribution in [-0.2, 0) is 4.79 Å². The Morgan fingerprint density at radius 3 is 2.10 bits per heavy atom. The van der Waals surface area contributed by atoms with E-state index < -0.39 is 0 Å². The van der Waals surface area contributed by atoms with Gasteiger partial charge in [-0.3, -0.25) is 9.59 Å². The van der Waals surface area contributed by atoms with Gasteiger partial charge in [0, 0.05) is 31.7 Å². The molecule has 1 heterocycles. The van der Waals surface area contributed by atoms with Crippen molar-refractivity contribution in [3.63, 3.8) is 0 Å². The molecule has 1 aliphatic rings. The van der Waals surface area contributed by atoms with Crippen LogP contribution >= 0.6 is 0 Å². The third-order valence-electron chi connectivity index (χ3n) is 5.17. The van der Waals surface area contributed by atoms with Gasteiger partial charge >= 0.3 is 0 Å². The van der Waals surface area contributed by atoms with Gasteiger partial charge in [-0.15, -0.1) is 0 Å². The molecular weight excluding hydrogens is 368 g/mol. The van der Waals surface area contributed by atoms with Crippen LogP contribution in [0.25, 0.3) is 0 Å². The summed E-state index contributed by atoms with van der Waals surface area (Å²) >= 11 is 0. The van der Waals surface area contributed by atoms with Crippen molar-refractivity contribution in [3.05, 3.63) is 59.2 Å². The average molecular weight is 396 g/mol. The maximum absolute atomic E-state index is 12.7. The predicted molar refractivity (Wildman–Crippen MR) is 112 cm³/mol. The van der Waals surface area contributed by atoms with Crippen LogP contribution in [0.5, 0.6) is 11.5 Å². The fourth-order valence-corrected chi connectivity index (χ4v) is 3.29. The van der Waals surface area contributed by atoms with Crippen LogP contribution in [-0.4, -0.2) is 61.0 Å². The van der Waals surface area contributed by atoms with Crippen molar-refractivity contribution >= 4 is 11.8 Å². The van der Waals surface area contributed by atoms with Gasteiger partial charge in [-0.2, -0.15) is 0 Å². The van der Waals surface area contributed by atoms with Crippen LogP contribution in [0, 0.1) is 13.8 Å². The number of carbonyl (C=O) groups excluding carboxylic acids is 2. The normalized spacial score (nSPS) is 13.9. The monoisotopic (exact) mass is 396 g/mol. The van der Waals surface area contributed by atoms with E-state index in [1.165, 1.54) is 5.56 Å². The fourth-order valence-electron chi connectivity index (χ4n) is 3.29. The van der Waals surface area contributed by atoms with Crippen molar-refractivity contribution in [2.45, 2.75) is 20.8 Å². The molecule has 0 N–H and O–H groups in total. The molecule has 6 heteroatoms. The predicted octanol–water partition coefficient (Wildman–Crippen LogP) is 3.07. The first kappa shape index (κ1) is 20.7. The first-order valence-electron chi connectivity index (χ1n) is 9.98. The van der Waals surface area contributed by atoms with Gasteiger partial charge in [-0.25, -0.2) is 0 Å².